The first-order valence-electron chi connectivity index (χ1n) is 10.2. The number of halogens is 2. The predicted molar refractivity (Wildman–Crippen MR) is 128 cm³/mol. The Kier molecular flexibility index (Phi) is 7.18. The topological polar surface area (TPSA) is 38.8 Å². The van der Waals surface area contributed by atoms with E-state index in [1.54, 1.807) is 6.07 Å². The minimum atomic E-state index is -0.292. The molecule has 0 bridgehead atoms. The number of anilines is 1. The molecule has 1 saturated heterocycles. The molecule has 0 spiro atoms. The highest BCUT2D eigenvalue weighted by molar-refractivity contribution is 7.18. The Morgan fingerprint density at radius 2 is 1.84 bits per heavy atom. The van der Waals surface area contributed by atoms with E-state index in [2.05, 4.69) is 17.0 Å². The number of ether oxygens (including phenoxy) is 2. The summed E-state index contributed by atoms with van der Waals surface area (Å²) in [6.07, 6.45) is 0.552. The van der Waals surface area contributed by atoms with E-state index >= 15 is 0 Å². The summed E-state index contributed by atoms with van der Waals surface area (Å²) in [7, 11) is 0. The van der Waals surface area contributed by atoms with Crippen molar-refractivity contribution in [1.82, 2.24) is 0 Å². The maximum absolute atomic E-state index is 13.0. The number of morpholine rings is 1. The lowest BCUT2D eigenvalue weighted by atomic mass is 9.96. The standard InChI is InChI=1S/C24H23Cl2NO3S/c1-2-30-24(28)22-18(14-16-8-9-19(25)20(26)15-16)21(17-6-4-3-5-7-17)23(31-22)27-10-12-29-13-11-27/h3-9,15H,2,10-14H2,1H3. The molecule has 7 heteroatoms. The second kappa shape index (κ2) is 10.0. The third kappa shape index (κ3) is 4.90. The van der Waals surface area contributed by atoms with Crippen LogP contribution >= 0.6 is 34.5 Å². The lowest BCUT2D eigenvalue weighted by Gasteiger charge is -2.29. The van der Waals surface area contributed by atoms with E-state index < -0.39 is 0 Å². The van der Waals surface area contributed by atoms with Crippen molar-refractivity contribution in [2.24, 2.45) is 0 Å². The molecule has 162 valence electrons. The minimum Gasteiger partial charge on any atom is -0.462 e. The number of hydrogen-bond acceptors (Lipinski definition) is 5. The maximum atomic E-state index is 13.0. The van der Waals surface area contributed by atoms with E-state index in [9.17, 15) is 4.79 Å². The van der Waals surface area contributed by atoms with Crippen LogP contribution in [0.25, 0.3) is 11.1 Å². The summed E-state index contributed by atoms with van der Waals surface area (Å²) in [5.41, 5.74) is 4.09. The molecule has 1 aromatic heterocycles. The zero-order valence-electron chi connectivity index (χ0n) is 17.2. The van der Waals surface area contributed by atoms with Gasteiger partial charge in [-0.05, 0) is 42.2 Å². The van der Waals surface area contributed by atoms with Crippen LogP contribution in [0.2, 0.25) is 10.0 Å². The molecule has 0 aliphatic carbocycles. The quantitative estimate of drug-likeness (QED) is 0.390. The number of thiophene rings is 1. The van der Waals surface area contributed by atoms with Crippen LogP contribution in [-0.4, -0.2) is 38.9 Å². The van der Waals surface area contributed by atoms with Gasteiger partial charge in [0.25, 0.3) is 0 Å². The number of benzene rings is 2. The second-order valence-corrected chi connectivity index (χ2v) is 9.01. The highest BCUT2D eigenvalue weighted by Gasteiger charge is 2.28. The molecule has 4 nitrogen and oxygen atoms in total. The molecule has 2 aromatic carbocycles. The molecule has 4 rings (SSSR count). The molecule has 0 N–H and O–H groups in total. The molecule has 0 radical (unpaired) electrons. The van der Waals surface area contributed by atoms with Gasteiger partial charge >= 0.3 is 5.97 Å². The maximum Gasteiger partial charge on any atom is 0.348 e. The third-order valence-corrected chi connectivity index (χ3v) is 7.19. The third-order valence-electron chi connectivity index (χ3n) is 5.17. The number of nitrogens with zero attached hydrogens (tertiary/aromatic N) is 1. The lowest BCUT2D eigenvalue weighted by molar-refractivity contribution is 0.0531. The van der Waals surface area contributed by atoms with E-state index in [1.807, 2.05) is 37.3 Å². The first kappa shape index (κ1) is 22.2. The van der Waals surface area contributed by atoms with Crippen molar-refractivity contribution >= 4 is 45.5 Å². The SMILES string of the molecule is CCOC(=O)c1sc(N2CCOCC2)c(-c2ccccc2)c1Cc1ccc(Cl)c(Cl)c1. The molecule has 3 aromatic rings. The van der Waals surface area contributed by atoms with Gasteiger partial charge in [0, 0.05) is 18.7 Å². The molecule has 1 aliphatic heterocycles. The van der Waals surface area contributed by atoms with Crippen LogP contribution in [0.4, 0.5) is 5.00 Å². The van der Waals surface area contributed by atoms with Crippen LogP contribution in [0.5, 0.6) is 0 Å². The second-order valence-electron chi connectivity index (χ2n) is 7.20. The van der Waals surface area contributed by atoms with Crippen LogP contribution in [-0.2, 0) is 15.9 Å². The van der Waals surface area contributed by atoms with Crippen molar-refractivity contribution in [3.05, 3.63) is 74.6 Å². The molecular formula is C24H23Cl2NO3S. The van der Waals surface area contributed by atoms with E-state index in [1.165, 1.54) is 11.3 Å². The number of esters is 1. The number of rotatable bonds is 6. The summed E-state index contributed by atoms with van der Waals surface area (Å²) in [6.45, 7) is 5.07. The Bertz CT molecular complexity index is 1060. The van der Waals surface area contributed by atoms with Gasteiger partial charge < -0.3 is 14.4 Å². The Labute approximate surface area is 196 Å². The fourth-order valence-electron chi connectivity index (χ4n) is 3.73. The van der Waals surface area contributed by atoms with Crippen molar-refractivity contribution < 1.29 is 14.3 Å². The summed E-state index contributed by atoms with van der Waals surface area (Å²) < 4.78 is 11.0. The summed E-state index contributed by atoms with van der Waals surface area (Å²) in [5.74, 6) is -0.292. The van der Waals surface area contributed by atoms with Crippen molar-refractivity contribution in [2.75, 3.05) is 37.8 Å². The van der Waals surface area contributed by atoms with Crippen molar-refractivity contribution in [1.29, 1.82) is 0 Å². The minimum absolute atomic E-state index is 0.292. The number of carbonyl (C=O) groups is 1. The summed E-state index contributed by atoms with van der Waals surface area (Å²) in [5, 5.41) is 2.09. The van der Waals surface area contributed by atoms with E-state index in [0.717, 1.165) is 40.3 Å². The van der Waals surface area contributed by atoms with Crippen molar-refractivity contribution in [2.45, 2.75) is 13.3 Å². The predicted octanol–water partition coefficient (Wildman–Crippen LogP) is 6.33. The van der Waals surface area contributed by atoms with Gasteiger partial charge in [-0.2, -0.15) is 0 Å². The highest BCUT2D eigenvalue weighted by atomic mass is 35.5. The molecule has 0 saturated carbocycles. The zero-order valence-corrected chi connectivity index (χ0v) is 19.5. The summed E-state index contributed by atoms with van der Waals surface area (Å²) in [4.78, 5) is 15.9. The normalized spacial score (nSPS) is 14.0. The van der Waals surface area contributed by atoms with Crippen LogP contribution in [0.3, 0.4) is 0 Å². The summed E-state index contributed by atoms with van der Waals surface area (Å²) in [6, 6.07) is 15.8. The van der Waals surface area contributed by atoms with Gasteiger partial charge in [0.1, 0.15) is 9.88 Å². The smallest absolute Gasteiger partial charge is 0.348 e. The van der Waals surface area contributed by atoms with Crippen LogP contribution in [0.15, 0.2) is 48.5 Å². The molecule has 1 fully saturated rings. The van der Waals surface area contributed by atoms with E-state index in [4.69, 9.17) is 32.7 Å². The van der Waals surface area contributed by atoms with Gasteiger partial charge in [0.05, 0.1) is 29.9 Å². The van der Waals surface area contributed by atoms with E-state index in [-0.39, 0.29) is 5.97 Å². The fraction of sp³-hybridized carbons (Fsp3) is 0.292. The van der Waals surface area contributed by atoms with Gasteiger partial charge in [0.2, 0.25) is 0 Å². The fourth-order valence-corrected chi connectivity index (χ4v) is 5.34. The highest BCUT2D eigenvalue weighted by Crippen LogP contribution is 2.45. The lowest BCUT2D eigenvalue weighted by Crippen LogP contribution is -2.36. The molecule has 0 atom stereocenters. The average molecular weight is 476 g/mol. The van der Waals surface area contributed by atoms with Gasteiger partial charge in [-0.15, -0.1) is 11.3 Å². The van der Waals surface area contributed by atoms with Gasteiger partial charge in [-0.3, -0.25) is 0 Å². The van der Waals surface area contributed by atoms with Gasteiger partial charge in [-0.1, -0.05) is 59.6 Å². The Balaban J connectivity index is 1.88. The molecular weight excluding hydrogens is 453 g/mol. The number of carbonyl (C=O) groups excluding carboxylic acids is 1. The van der Waals surface area contributed by atoms with E-state index in [0.29, 0.717) is 41.2 Å². The molecule has 0 amide bonds. The Morgan fingerprint density at radius 1 is 1.10 bits per heavy atom. The van der Waals surface area contributed by atoms with Crippen LogP contribution < -0.4 is 4.90 Å². The Morgan fingerprint density at radius 3 is 2.52 bits per heavy atom. The molecule has 2 heterocycles. The molecule has 31 heavy (non-hydrogen) atoms. The number of hydrogen-bond donors (Lipinski definition) is 0. The first-order chi connectivity index (χ1) is 15.1. The van der Waals surface area contributed by atoms with Gasteiger partial charge in [0.15, 0.2) is 0 Å². The molecule has 1 aliphatic rings. The first-order valence-corrected chi connectivity index (χ1v) is 11.8. The monoisotopic (exact) mass is 475 g/mol. The van der Waals surface area contributed by atoms with Gasteiger partial charge in [-0.25, -0.2) is 4.79 Å². The molecule has 0 unspecified atom stereocenters. The Hall–Kier alpha value is -2.05. The van der Waals surface area contributed by atoms with Crippen LogP contribution in [0, 0.1) is 0 Å². The van der Waals surface area contributed by atoms with Crippen molar-refractivity contribution in [3.8, 4) is 11.1 Å². The largest absolute Gasteiger partial charge is 0.462 e. The van der Waals surface area contributed by atoms with Crippen LogP contribution in [0.1, 0.15) is 27.7 Å². The summed E-state index contributed by atoms with van der Waals surface area (Å²) >= 11 is 13.9. The average Bonchev–Trinajstić information content (AvgIpc) is 3.17. The van der Waals surface area contributed by atoms with Crippen molar-refractivity contribution in [3.63, 3.8) is 0 Å². The zero-order chi connectivity index (χ0) is 21.8.